The Morgan fingerprint density at radius 2 is 1.62 bits per heavy atom. The largest absolute Gasteiger partial charge is 0.356 e. The molecule has 39 heavy (non-hydrogen) atoms. The van der Waals surface area contributed by atoms with Crippen LogP contribution < -0.4 is 11.1 Å². The third-order valence-electron chi connectivity index (χ3n) is 7.24. The second-order valence-corrected chi connectivity index (χ2v) is 11.6. The van der Waals surface area contributed by atoms with Gasteiger partial charge in [0.25, 0.3) is 10.1 Å². The van der Waals surface area contributed by atoms with Crippen LogP contribution in [-0.2, 0) is 26.1 Å². The number of aryl methyl sites for hydroxylation is 1. The number of halogens is 3. The molecule has 4 rings (SSSR count). The number of carbonyl (C=O) groups is 2. The van der Waals surface area contributed by atoms with Crippen molar-refractivity contribution < 1.29 is 35.7 Å². The average molecular weight is 570 g/mol. The fourth-order valence-electron chi connectivity index (χ4n) is 5.30. The van der Waals surface area contributed by atoms with E-state index in [1.165, 1.54) is 19.1 Å². The van der Waals surface area contributed by atoms with Crippen LogP contribution in [0.1, 0.15) is 50.2 Å². The van der Waals surface area contributed by atoms with E-state index in [1.807, 2.05) is 11.8 Å². The van der Waals surface area contributed by atoms with Crippen LogP contribution in [0.4, 0.5) is 13.2 Å². The molecule has 2 aromatic carbocycles. The van der Waals surface area contributed by atoms with E-state index in [0.29, 0.717) is 12.6 Å². The number of fused-ring (bicyclic) bond motifs is 2. The lowest BCUT2D eigenvalue weighted by atomic mass is 9.82. The summed E-state index contributed by atoms with van der Waals surface area (Å²) in [4.78, 5) is 25.3. The van der Waals surface area contributed by atoms with Gasteiger partial charge in [-0.05, 0) is 68.7 Å². The second kappa shape index (κ2) is 12.9. The molecule has 0 saturated carbocycles. The van der Waals surface area contributed by atoms with E-state index < -0.39 is 27.6 Å². The zero-order chi connectivity index (χ0) is 28.9. The summed E-state index contributed by atoms with van der Waals surface area (Å²) in [6, 6.07) is 7.21. The van der Waals surface area contributed by atoms with Crippen molar-refractivity contribution >= 4 is 21.9 Å². The molecule has 0 radical (unpaired) electrons. The fourth-order valence-corrected chi connectivity index (χ4v) is 5.78. The SMILES string of the molecule is CC(=O)NCCC(=O)N1C2CCC1CC([C@H](N)Cc1cc(F)c(F)cc1F)C2.Cc1ccc(S(=O)(=O)O)cc1. The van der Waals surface area contributed by atoms with E-state index in [0.717, 1.165) is 37.3 Å². The number of benzene rings is 2. The highest BCUT2D eigenvalue weighted by molar-refractivity contribution is 7.85. The minimum atomic E-state index is -4.02. The molecule has 2 fully saturated rings. The number of hydrogen-bond acceptors (Lipinski definition) is 5. The number of amides is 2. The lowest BCUT2D eigenvalue weighted by Crippen LogP contribution is -2.50. The Balaban J connectivity index is 0.000000320. The van der Waals surface area contributed by atoms with Gasteiger partial charge < -0.3 is 16.0 Å². The predicted molar refractivity (Wildman–Crippen MR) is 139 cm³/mol. The van der Waals surface area contributed by atoms with Gasteiger partial charge in [-0.1, -0.05) is 17.7 Å². The molecular formula is C27H34F3N3O5S. The third-order valence-corrected chi connectivity index (χ3v) is 8.11. The summed E-state index contributed by atoms with van der Waals surface area (Å²) in [5.74, 6) is -3.13. The van der Waals surface area contributed by atoms with E-state index in [4.69, 9.17) is 10.3 Å². The van der Waals surface area contributed by atoms with Gasteiger partial charge in [0.1, 0.15) is 5.82 Å². The Hall–Kier alpha value is -2.96. The van der Waals surface area contributed by atoms with Crippen LogP contribution in [0.3, 0.4) is 0 Å². The third kappa shape index (κ3) is 8.26. The first kappa shape index (κ1) is 30.6. The smallest absolute Gasteiger partial charge is 0.294 e. The van der Waals surface area contributed by atoms with Gasteiger partial charge in [-0.2, -0.15) is 8.42 Å². The van der Waals surface area contributed by atoms with Crippen molar-refractivity contribution in [2.24, 2.45) is 11.7 Å². The van der Waals surface area contributed by atoms with Crippen LogP contribution in [0.2, 0.25) is 0 Å². The number of hydrogen-bond donors (Lipinski definition) is 3. The summed E-state index contributed by atoms with van der Waals surface area (Å²) >= 11 is 0. The molecule has 2 aliphatic heterocycles. The number of nitrogens with zero attached hydrogens (tertiary/aromatic N) is 1. The molecule has 4 N–H and O–H groups in total. The van der Waals surface area contributed by atoms with Gasteiger partial charge in [0, 0.05) is 44.1 Å². The van der Waals surface area contributed by atoms with Gasteiger partial charge in [0.2, 0.25) is 11.8 Å². The van der Waals surface area contributed by atoms with Crippen molar-refractivity contribution in [1.82, 2.24) is 10.2 Å². The number of rotatable bonds is 7. The van der Waals surface area contributed by atoms with Crippen molar-refractivity contribution in [2.75, 3.05) is 6.54 Å². The molecule has 2 unspecified atom stereocenters. The Kier molecular flexibility index (Phi) is 10.1. The van der Waals surface area contributed by atoms with Gasteiger partial charge in [-0.25, -0.2) is 13.2 Å². The Morgan fingerprint density at radius 1 is 1.05 bits per heavy atom. The topological polar surface area (TPSA) is 130 Å². The highest BCUT2D eigenvalue weighted by Gasteiger charge is 2.44. The second-order valence-electron chi connectivity index (χ2n) is 10.2. The minimum Gasteiger partial charge on any atom is -0.356 e. The van der Waals surface area contributed by atoms with Gasteiger partial charge in [-0.3, -0.25) is 14.1 Å². The van der Waals surface area contributed by atoms with Crippen LogP contribution in [-0.4, -0.2) is 54.4 Å². The van der Waals surface area contributed by atoms with Crippen molar-refractivity contribution in [2.45, 2.75) is 75.4 Å². The number of nitrogens with one attached hydrogen (secondary N) is 1. The zero-order valence-electron chi connectivity index (χ0n) is 21.9. The number of nitrogens with two attached hydrogens (primary N) is 1. The van der Waals surface area contributed by atoms with Crippen molar-refractivity contribution in [3.63, 3.8) is 0 Å². The molecule has 2 aromatic rings. The van der Waals surface area contributed by atoms with E-state index in [2.05, 4.69) is 5.32 Å². The molecular weight excluding hydrogens is 535 g/mol. The Morgan fingerprint density at radius 3 is 2.15 bits per heavy atom. The van der Waals surface area contributed by atoms with Crippen LogP contribution in [0, 0.1) is 30.3 Å². The first-order chi connectivity index (χ1) is 18.3. The maximum Gasteiger partial charge on any atom is 0.294 e. The van der Waals surface area contributed by atoms with E-state index >= 15 is 0 Å². The molecule has 2 aliphatic rings. The van der Waals surface area contributed by atoms with Crippen LogP contribution in [0.25, 0.3) is 0 Å². The average Bonchev–Trinajstić information content (AvgIpc) is 3.11. The highest BCUT2D eigenvalue weighted by Crippen LogP contribution is 2.40. The first-order valence-corrected chi connectivity index (χ1v) is 14.2. The maximum atomic E-state index is 13.9. The van der Waals surface area contributed by atoms with Gasteiger partial charge >= 0.3 is 0 Å². The molecule has 3 atom stereocenters. The number of piperidine rings is 1. The van der Waals surface area contributed by atoms with E-state index in [-0.39, 0.29) is 59.2 Å². The summed E-state index contributed by atoms with van der Waals surface area (Å²) in [5.41, 5.74) is 7.32. The van der Waals surface area contributed by atoms with Crippen molar-refractivity contribution in [3.05, 3.63) is 65.0 Å². The Labute approximate surface area is 226 Å². The normalized spacial score (nSPS) is 21.1. The molecule has 0 spiro atoms. The highest BCUT2D eigenvalue weighted by atomic mass is 32.2. The van der Waals surface area contributed by atoms with E-state index in [9.17, 15) is 31.2 Å². The molecule has 2 saturated heterocycles. The summed E-state index contributed by atoms with van der Waals surface area (Å²) < 4.78 is 70.0. The summed E-state index contributed by atoms with van der Waals surface area (Å²) in [5, 5.41) is 2.63. The molecule has 0 aliphatic carbocycles. The monoisotopic (exact) mass is 569 g/mol. The van der Waals surface area contributed by atoms with Crippen molar-refractivity contribution in [1.29, 1.82) is 0 Å². The van der Waals surface area contributed by atoms with E-state index in [1.54, 1.807) is 12.1 Å². The summed E-state index contributed by atoms with van der Waals surface area (Å²) in [6.07, 6.45) is 3.63. The molecule has 0 aromatic heterocycles. The molecule has 8 nitrogen and oxygen atoms in total. The molecule has 2 bridgehead atoms. The fraction of sp³-hybridized carbons (Fsp3) is 0.481. The van der Waals surface area contributed by atoms with Gasteiger partial charge in [0.15, 0.2) is 11.6 Å². The first-order valence-electron chi connectivity index (χ1n) is 12.7. The molecule has 12 heteroatoms. The molecule has 2 amide bonds. The van der Waals surface area contributed by atoms with Crippen LogP contribution in [0.15, 0.2) is 41.3 Å². The van der Waals surface area contributed by atoms with Gasteiger partial charge in [0.05, 0.1) is 4.90 Å². The van der Waals surface area contributed by atoms with Gasteiger partial charge in [-0.15, -0.1) is 0 Å². The zero-order valence-corrected chi connectivity index (χ0v) is 22.7. The standard InChI is InChI=1S/C20H26F3N3O2.C7H8O3S/c1-11(27)25-5-4-20(28)26-14-2-3-15(26)7-13(6-14)19(24)9-12-8-17(22)18(23)10-16(12)21;1-6-2-4-7(5-3-6)11(8,9)10/h8,10,13-15,19H,2-7,9,24H2,1H3,(H,25,27);2-5H,1H3,(H,8,9,10)/t13?,14?,15?,19-;/m1./s1. The summed E-state index contributed by atoms with van der Waals surface area (Å²) in [7, 11) is -4.02. The van der Waals surface area contributed by atoms with Crippen LogP contribution in [0.5, 0.6) is 0 Å². The molecule has 2 heterocycles. The predicted octanol–water partition coefficient (Wildman–Crippen LogP) is 3.51. The Bertz CT molecular complexity index is 1280. The number of carbonyl (C=O) groups excluding carboxylic acids is 2. The van der Waals surface area contributed by atoms with Crippen molar-refractivity contribution in [3.8, 4) is 0 Å². The lowest BCUT2D eigenvalue weighted by molar-refractivity contribution is -0.136. The van der Waals surface area contributed by atoms with Crippen LogP contribution >= 0.6 is 0 Å². The maximum absolute atomic E-state index is 13.9. The lowest BCUT2D eigenvalue weighted by Gasteiger charge is -2.41. The minimum absolute atomic E-state index is 0.0277. The quantitative estimate of drug-likeness (QED) is 0.346. The molecule has 214 valence electrons. The summed E-state index contributed by atoms with van der Waals surface area (Å²) in [6.45, 7) is 3.58.